The summed E-state index contributed by atoms with van der Waals surface area (Å²) in [5.41, 5.74) is 1.58. The van der Waals surface area contributed by atoms with Crippen molar-refractivity contribution >= 4 is 12.0 Å². The van der Waals surface area contributed by atoms with Gasteiger partial charge in [0.15, 0.2) is 0 Å². The van der Waals surface area contributed by atoms with Gasteiger partial charge in [0.2, 0.25) is 5.91 Å². The van der Waals surface area contributed by atoms with Crippen LogP contribution in [0.25, 0.3) is 6.08 Å². The minimum Gasteiger partial charge on any atom is -0.496 e. The van der Waals surface area contributed by atoms with Crippen molar-refractivity contribution in [1.82, 2.24) is 4.90 Å². The second-order valence-corrected chi connectivity index (χ2v) is 4.70. The second-order valence-electron chi connectivity index (χ2n) is 4.70. The molecule has 0 unspecified atom stereocenters. The minimum atomic E-state index is -4.45. The zero-order valence-electron chi connectivity index (χ0n) is 12.5. The highest BCUT2D eigenvalue weighted by molar-refractivity contribution is 5.92. The maximum Gasteiger partial charge on any atom is 0.406 e. The molecule has 0 aliphatic carbocycles. The van der Waals surface area contributed by atoms with Crippen LogP contribution in [0.1, 0.15) is 11.1 Å². The molecule has 1 aromatic carbocycles. The maximum absolute atomic E-state index is 12.5. The Kier molecular flexibility index (Phi) is 6.22. The van der Waals surface area contributed by atoms with E-state index in [0.717, 1.165) is 11.6 Å². The molecule has 120 valence electrons. The van der Waals surface area contributed by atoms with Gasteiger partial charge in [0.25, 0.3) is 0 Å². The van der Waals surface area contributed by atoms with E-state index in [-0.39, 0.29) is 6.54 Å². The number of hydrogen-bond donors (Lipinski definition) is 0. The third-order valence-electron chi connectivity index (χ3n) is 2.82. The van der Waals surface area contributed by atoms with Crippen molar-refractivity contribution in [2.24, 2.45) is 0 Å². The van der Waals surface area contributed by atoms with Gasteiger partial charge in [-0.25, -0.2) is 0 Å². The Morgan fingerprint density at radius 2 is 2.09 bits per heavy atom. The van der Waals surface area contributed by atoms with E-state index in [1.807, 2.05) is 13.0 Å². The number of benzene rings is 1. The second kappa shape index (κ2) is 7.68. The first-order valence-electron chi connectivity index (χ1n) is 6.56. The molecule has 1 aromatic rings. The summed E-state index contributed by atoms with van der Waals surface area (Å²) in [5.74, 6) is -0.193. The molecule has 1 rings (SSSR count). The van der Waals surface area contributed by atoms with E-state index in [1.54, 1.807) is 12.1 Å². The maximum atomic E-state index is 12.5. The third-order valence-corrected chi connectivity index (χ3v) is 2.82. The molecule has 0 bridgehead atoms. The Morgan fingerprint density at radius 3 is 2.64 bits per heavy atom. The third kappa shape index (κ3) is 5.63. The summed E-state index contributed by atoms with van der Waals surface area (Å²) >= 11 is 0. The van der Waals surface area contributed by atoms with Crippen LogP contribution in [0.4, 0.5) is 13.2 Å². The number of ether oxygens (including phenoxy) is 1. The Morgan fingerprint density at radius 1 is 1.41 bits per heavy atom. The summed E-state index contributed by atoms with van der Waals surface area (Å²) in [6.07, 6.45) is -0.647. The SMILES string of the molecule is C=CCN(CC(F)(F)F)C(=O)/C=C/c1cc(C)ccc1OC. The number of hydrogen-bond acceptors (Lipinski definition) is 2. The van der Waals surface area contributed by atoms with Gasteiger partial charge in [0, 0.05) is 18.2 Å². The van der Waals surface area contributed by atoms with Gasteiger partial charge in [-0.2, -0.15) is 13.2 Å². The largest absolute Gasteiger partial charge is 0.496 e. The van der Waals surface area contributed by atoms with Crippen LogP contribution in [0.3, 0.4) is 0 Å². The summed E-state index contributed by atoms with van der Waals surface area (Å²) in [5, 5.41) is 0. The van der Waals surface area contributed by atoms with Gasteiger partial charge in [0.1, 0.15) is 12.3 Å². The van der Waals surface area contributed by atoms with Crippen LogP contribution >= 0.6 is 0 Å². The lowest BCUT2D eigenvalue weighted by molar-refractivity contribution is -0.157. The first-order valence-corrected chi connectivity index (χ1v) is 6.56. The van der Waals surface area contributed by atoms with Gasteiger partial charge < -0.3 is 9.64 Å². The average molecular weight is 313 g/mol. The van der Waals surface area contributed by atoms with Gasteiger partial charge in [0.05, 0.1) is 7.11 Å². The normalized spacial score (nSPS) is 11.5. The highest BCUT2D eigenvalue weighted by atomic mass is 19.4. The van der Waals surface area contributed by atoms with E-state index in [9.17, 15) is 18.0 Å². The molecule has 3 nitrogen and oxygen atoms in total. The average Bonchev–Trinajstić information content (AvgIpc) is 2.43. The molecular weight excluding hydrogens is 295 g/mol. The molecule has 6 heteroatoms. The summed E-state index contributed by atoms with van der Waals surface area (Å²) < 4.78 is 42.5. The van der Waals surface area contributed by atoms with E-state index >= 15 is 0 Å². The molecule has 22 heavy (non-hydrogen) atoms. The van der Waals surface area contributed by atoms with Crippen molar-refractivity contribution in [3.05, 3.63) is 48.1 Å². The van der Waals surface area contributed by atoms with Crippen LogP contribution in [0.15, 0.2) is 36.9 Å². The lowest BCUT2D eigenvalue weighted by Gasteiger charge is -2.21. The number of aryl methyl sites for hydroxylation is 1. The smallest absolute Gasteiger partial charge is 0.406 e. The molecule has 0 N–H and O–H groups in total. The van der Waals surface area contributed by atoms with Crippen LogP contribution in [0.5, 0.6) is 5.75 Å². The molecule has 1 amide bonds. The molecule has 0 fully saturated rings. The number of halogens is 3. The van der Waals surface area contributed by atoms with Gasteiger partial charge in [-0.15, -0.1) is 6.58 Å². The number of alkyl halides is 3. The summed E-state index contributed by atoms with van der Waals surface area (Å²) in [4.78, 5) is 12.6. The lowest BCUT2D eigenvalue weighted by atomic mass is 10.1. The fourth-order valence-electron chi connectivity index (χ4n) is 1.86. The van der Waals surface area contributed by atoms with Gasteiger partial charge in [-0.05, 0) is 25.1 Å². The Bertz CT molecular complexity index is 565. The molecule has 0 saturated heterocycles. The lowest BCUT2D eigenvalue weighted by Crippen LogP contribution is -2.38. The van der Waals surface area contributed by atoms with E-state index < -0.39 is 18.6 Å². The Hall–Kier alpha value is -2.24. The van der Waals surface area contributed by atoms with Crippen LogP contribution in [0, 0.1) is 6.92 Å². The van der Waals surface area contributed by atoms with Crippen molar-refractivity contribution in [2.45, 2.75) is 13.1 Å². The molecule has 0 spiro atoms. The van der Waals surface area contributed by atoms with Crippen molar-refractivity contribution in [2.75, 3.05) is 20.2 Å². The summed E-state index contributed by atoms with van der Waals surface area (Å²) in [6.45, 7) is 3.75. The quantitative estimate of drug-likeness (QED) is 0.593. The molecule has 0 aliphatic heterocycles. The van der Waals surface area contributed by atoms with Crippen molar-refractivity contribution < 1.29 is 22.7 Å². The highest BCUT2D eigenvalue weighted by Gasteiger charge is 2.31. The number of methoxy groups -OCH3 is 1. The first kappa shape index (κ1) is 17.8. The Labute approximate surface area is 127 Å². The topological polar surface area (TPSA) is 29.5 Å². The zero-order chi connectivity index (χ0) is 16.8. The standard InChI is InChI=1S/C16H18F3NO2/c1-4-9-20(11-16(17,18)19)15(21)8-6-13-10-12(2)5-7-14(13)22-3/h4-8,10H,1,9,11H2,2-3H3/b8-6+. The number of rotatable bonds is 6. The fraction of sp³-hybridized carbons (Fsp3) is 0.312. The van der Waals surface area contributed by atoms with E-state index in [0.29, 0.717) is 16.2 Å². The fourth-order valence-corrected chi connectivity index (χ4v) is 1.86. The van der Waals surface area contributed by atoms with Gasteiger partial charge in [-0.3, -0.25) is 4.79 Å². The number of carbonyl (C=O) groups excluding carboxylic acids is 1. The molecule has 0 radical (unpaired) electrons. The number of carbonyl (C=O) groups is 1. The molecular formula is C16H18F3NO2. The zero-order valence-corrected chi connectivity index (χ0v) is 12.5. The number of nitrogens with zero attached hydrogens (tertiary/aromatic N) is 1. The summed E-state index contributed by atoms with van der Waals surface area (Å²) in [6, 6.07) is 5.35. The van der Waals surface area contributed by atoms with Crippen LogP contribution in [0.2, 0.25) is 0 Å². The molecule has 0 atom stereocenters. The summed E-state index contributed by atoms with van der Waals surface area (Å²) in [7, 11) is 1.48. The molecule has 0 saturated carbocycles. The molecule has 0 aromatic heterocycles. The van der Waals surface area contributed by atoms with Gasteiger partial charge in [-0.1, -0.05) is 17.7 Å². The Balaban J connectivity index is 2.93. The van der Waals surface area contributed by atoms with Crippen LogP contribution in [-0.2, 0) is 4.79 Å². The predicted octanol–water partition coefficient (Wildman–Crippen LogP) is 3.59. The van der Waals surface area contributed by atoms with Crippen LogP contribution < -0.4 is 4.74 Å². The minimum absolute atomic E-state index is 0.173. The van der Waals surface area contributed by atoms with Crippen LogP contribution in [-0.4, -0.2) is 37.2 Å². The van der Waals surface area contributed by atoms with Crippen molar-refractivity contribution in [1.29, 1.82) is 0 Å². The van der Waals surface area contributed by atoms with E-state index in [2.05, 4.69) is 6.58 Å². The first-order chi connectivity index (χ1) is 10.3. The molecule has 0 aliphatic rings. The monoisotopic (exact) mass is 313 g/mol. The highest BCUT2D eigenvalue weighted by Crippen LogP contribution is 2.21. The van der Waals surface area contributed by atoms with E-state index in [1.165, 1.54) is 19.3 Å². The van der Waals surface area contributed by atoms with Gasteiger partial charge >= 0.3 is 6.18 Å². The van der Waals surface area contributed by atoms with Crippen molar-refractivity contribution in [3.63, 3.8) is 0 Å². The predicted molar refractivity (Wildman–Crippen MR) is 79.6 cm³/mol. The number of amides is 1. The van der Waals surface area contributed by atoms with E-state index in [4.69, 9.17) is 4.74 Å². The molecule has 0 heterocycles. The van der Waals surface area contributed by atoms with Crippen molar-refractivity contribution in [3.8, 4) is 5.75 Å².